The first-order valence-corrected chi connectivity index (χ1v) is 7.79. The van der Waals surface area contributed by atoms with E-state index in [1.54, 1.807) is 0 Å². The summed E-state index contributed by atoms with van der Waals surface area (Å²) in [5.74, 6) is 1.01. The molecule has 0 saturated heterocycles. The van der Waals surface area contributed by atoms with Gasteiger partial charge in [-0.3, -0.25) is 0 Å². The third-order valence-electron chi connectivity index (χ3n) is 3.46. The number of unbranched alkanes of at least 4 members (excludes halogenated alkanes) is 3. The Hall–Kier alpha value is -1.21. The number of benzene rings is 2. The normalized spacial score (nSPS) is 10.6. The minimum absolute atomic E-state index is 1.01. The summed E-state index contributed by atoms with van der Waals surface area (Å²) in [6.07, 6.45) is 6.30. The minimum atomic E-state index is 1.01. The Morgan fingerprint density at radius 3 is 2.16 bits per heavy atom. The summed E-state index contributed by atoms with van der Waals surface area (Å²) in [5.41, 5.74) is 4.19. The van der Waals surface area contributed by atoms with Crippen LogP contribution in [0.25, 0.3) is 11.1 Å². The van der Waals surface area contributed by atoms with Crippen molar-refractivity contribution in [3.63, 3.8) is 0 Å². The molecule has 0 aliphatic heterocycles. The molecule has 0 fully saturated rings. The molecule has 1 heteroatoms. The van der Waals surface area contributed by atoms with Crippen molar-refractivity contribution in [2.45, 2.75) is 32.1 Å². The van der Waals surface area contributed by atoms with E-state index in [1.807, 2.05) is 0 Å². The zero-order chi connectivity index (χ0) is 13.3. The molecule has 0 bridgehead atoms. The number of thiol groups is 1. The van der Waals surface area contributed by atoms with Crippen molar-refractivity contribution in [1.29, 1.82) is 0 Å². The van der Waals surface area contributed by atoms with Crippen molar-refractivity contribution in [3.8, 4) is 11.1 Å². The van der Waals surface area contributed by atoms with Crippen LogP contribution >= 0.6 is 12.6 Å². The minimum Gasteiger partial charge on any atom is -0.179 e. The maximum Gasteiger partial charge on any atom is -0.00979 e. The zero-order valence-corrected chi connectivity index (χ0v) is 12.3. The summed E-state index contributed by atoms with van der Waals surface area (Å²) in [6, 6.07) is 19.5. The fourth-order valence-electron chi connectivity index (χ4n) is 2.42. The first kappa shape index (κ1) is 14.2. The Bertz CT molecular complexity index is 476. The average Bonchev–Trinajstić information content (AvgIpc) is 2.48. The summed E-state index contributed by atoms with van der Waals surface area (Å²) < 4.78 is 0. The van der Waals surface area contributed by atoms with Crippen LogP contribution in [-0.2, 0) is 6.42 Å². The SMILES string of the molecule is SCCCCCCc1ccccc1-c1ccccc1. The second-order valence-corrected chi connectivity index (χ2v) is 5.36. The van der Waals surface area contributed by atoms with Crippen LogP contribution < -0.4 is 0 Å². The maximum atomic E-state index is 4.26. The van der Waals surface area contributed by atoms with Crippen molar-refractivity contribution >= 4 is 12.6 Å². The van der Waals surface area contributed by atoms with Gasteiger partial charge in [0.05, 0.1) is 0 Å². The molecule has 0 aliphatic carbocycles. The largest absolute Gasteiger partial charge is 0.179 e. The third-order valence-corrected chi connectivity index (χ3v) is 3.77. The molecule has 0 amide bonds. The molecule has 0 radical (unpaired) electrons. The first-order chi connectivity index (χ1) is 9.42. The summed E-state index contributed by atoms with van der Waals surface area (Å²) in [5, 5.41) is 0. The Labute approximate surface area is 122 Å². The number of hydrogen-bond donors (Lipinski definition) is 1. The van der Waals surface area contributed by atoms with Gasteiger partial charge in [0.25, 0.3) is 0 Å². The highest BCUT2D eigenvalue weighted by atomic mass is 32.1. The van der Waals surface area contributed by atoms with Crippen molar-refractivity contribution in [3.05, 3.63) is 60.2 Å². The molecular formula is C18H22S. The van der Waals surface area contributed by atoms with E-state index in [0.29, 0.717) is 0 Å². The molecule has 0 heterocycles. The fourth-order valence-corrected chi connectivity index (χ4v) is 2.64. The van der Waals surface area contributed by atoms with Gasteiger partial charge in [-0.05, 0) is 41.7 Å². The van der Waals surface area contributed by atoms with Crippen molar-refractivity contribution < 1.29 is 0 Å². The van der Waals surface area contributed by atoms with E-state index in [1.165, 1.54) is 48.8 Å². The van der Waals surface area contributed by atoms with Crippen LogP contribution in [-0.4, -0.2) is 5.75 Å². The van der Waals surface area contributed by atoms with E-state index in [9.17, 15) is 0 Å². The standard InChI is InChI=1S/C18H22S/c19-15-9-2-1-4-10-17-13-7-8-14-18(17)16-11-5-3-6-12-16/h3,5-8,11-14,19H,1-2,4,9-10,15H2. The monoisotopic (exact) mass is 270 g/mol. The fraction of sp³-hybridized carbons (Fsp3) is 0.333. The number of hydrogen-bond acceptors (Lipinski definition) is 1. The third kappa shape index (κ3) is 4.43. The molecule has 2 aromatic carbocycles. The Morgan fingerprint density at radius 2 is 1.37 bits per heavy atom. The smallest absolute Gasteiger partial charge is 0.00979 e. The Balaban J connectivity index is 2.01. The number of aryl methyl sites for hydroxylation is 1. The van der Waals surface area contributed by atoms with Gasteiger partial charge in [-0.25, -0.2) is 0 Å². The van der Waals surface area contributed by atoms with Crippen LogP contribution in [0, 0.1) is 0 Å². The molecule has 0 spiro atoms. The second-order valence-electron chi connectivity index (χ2n) is 4.91. The quantitative estimate of drug-likeness (QED) is 0.506. The highest BCUT2D eigenvalue weighted by molar-refractivity contribution is 7.80. The van der Waals surface area contributed by atoms with Gasteiger partial charge in [0.2, 0.25) is 0 Å². The van der Waals surface area contributed by atoms with Crippen LogP contribution in [0.2, 0.25) is 0 Å². The van der Waals surface area contributed by atoms with Gasteiger partial charge in [0.15, 0.2) is 0 Å². The number of rotatable bonds is 7. The van der Waals surface area contributed by atoms with E-state index < -0.39 is 0 Å². The van der Waals surface area contributed by atoms with E-state index >= 15 is 0 Å². The van der Waals surface area contributed by atoms with Crippen LogP contribution in [0.3, 0.4) is 0 Å². The van der Waals surface area contributed by atoms with Gasteiger partial charge in [0.1, 0.15) is 0 Å². The summed E-state index contributed by atoms with van der Waals surface area (Å²) in [6.45, 7) is 0. The lowest BCUT2D eigenvalue weighted by Gasteiger charge is -2.09. The van der Waals surface area contributed by atoms with Gasteiger partial charge in [0, 0.05) is 0 Å². The van der Waals surface area contributed by atoms with Crippen LogP contribution in [0.1, 0.15) is 31.2 Å². The second kappa shape index (κ2) is 8.06. The van der Waals surface area contributed by atoms with E-state index in [4.69, 9.17) is 0 Å². The molecule has 0 aromatic heterocycles. The molecule has 0 nitrogen and oxygen atoms in total. The predicted octanol–water partition coefficient (Wildman–Crippen LogP) is 5.39. The van der Waals surface area contributed by atoms with Crippen LogP contribution in [0.4, 0.5) is 0 Å². The molecule has 0 N–H and O–H groups in total. The Kier molecular flexibility index (Phi) is 6.03. The molecule has 2 aromatic rings. The molecule has 0 aliphatic rings. The van der Waals surface area contributed by atoms with E-state index in [-0.39, 0.29) is 0 Å². The molecular weight excluding hydrogens is 248 g/mol. The molecule has 19 heavy (non-hydrogen) atoms. The summed E-state index contributed by atoms with van der Waals surface area (Å²) in [7, 11) is 0. The lowest BCUT2D eigenvalue weighted by atomic mass is 9.96. The van der Waals surface area contributed by atoms with Crippen LogP contribution in [0.15, 0.2) is 54.6 Å². The van der Waals surface area contributed by atoms with E-state index in [0.717, 1.165) is 5.75 Å². The summed E-state index contributed by atoms with van der Waals surface area (Å²) >= 11 is 4.26. The first-order valence-electron chi connectivity index (χ1n) is 7.16. The molecule has 0 atom stereocenters. The Morgan fingerprint density at radius 1 is 0.684 bits per heavy atom. The topological polar surface area (TPSA) is 0 Å². The van der Waals surface area contributed by atoms with Crippen molar-refractivity contribution in [2.24, 2.45) is 0 Å². The lowest BCUT2D eigenvalue weighted by molar-refractivity contribution is 0.671. The summed E-state index contributed by atoms with van der Waals surface area (Å²) in [4.78, 5) is 0. The zero-order valence-electron chi connectivity index (χ0n) is 11.4. The highest BCUT2D eigenvalue weighted by Crippen LogP contribution is 2.24. The van der Waals surface area contributed by atoms with Crippen LogP contribution in [0.5, 0.6) is 0 Å². The van der Waals surface area contributed by atoms with Gasteiger partial charge in [-0.15, -0.1) is 0 Å². The highest BCUT2D eigenvalue weighted by Gasteiger charge is 2.03. The predicted molar refractivity (Wildman–Crippen MR) is 87.9 cm³/mol. The average molecular weight is 270 g/mol. The van der Waals surface area contributed by atoms with Crippen molar-refractivity contribution in [2.75, 3.05) is 5.75 Å². The molecule has 0 saturated carbocycles. The maximum absolute atomic E-state index is 4.26. The van der Waals surface area contributed by atoms with Crippen molar-refractivity contribution in [1.82, 2.24) is 0 Å². The van der Waals surface area contributed by atoms with Gasteiger partial charge >= 0.3 is 0 Å². The van der Waals surface area contributed by atoms with Gasteiger partial charge < -0.3 is 0 Å². The molecule has 2 rings (SSSR count). The van der Waals surface area contributed by atoms with Gasteiger partial charge in [-0.2, -0.15) is 12.6 Å². The molecule has 100 valence electrons. The van der Waals surface area contributed by atoms with Gasteiger partial charge in [-0.1, -0.05) is 67.4 Å². The van der Waals surface area contributed by atoms with E-state index in [2.05, 4.69) is 67.2 Å². The lowest BCUT2D eigenvalue weighted by Crippen LogP contribution is -1.91. The molecule has 0 unspecified atom stereocenters.